The van der Waals surface area contributed by atoms with E-state index < -0.39 is 0 Å². The zero-order chi connectivity index (χ0) is 18.0. The summed E-state index contributed by atoms with van der Waals surface area (Å²) in [5.74, 6) is 0.201. The average molecular weight is 353 g/mol. The number of hydrogen-bond donors (Lipinski definition) is 1. The van der Waals surface area contributed by atoms with Crippen molar-refractivity contribution in [2.45, 2.75) is 27.3 Å². The molecule has 0 fully saturated rings. The Labute approximate surface area is 151 Å². The molecule has 0 aliphatic rings. The molecule has 0 spiro atoms. The number of carbonyl (C=O) groups is 1. The fourth-order valence-corrected chi connectivity index (χ4v) is 2.56. The van der Waals surface area contributed by atoms with Gasteiger partial charge in [0.15, 0.2) is 0 Å². The minimum Gasteiger partial charge on any atom is -0.409 e. The number of hydrogen-bond acceptors (Lipinski definition) is 4. The van der Waals surface area contributed by atoms with E-state index in [2.05, 4.69) is 10.4 Å². The molecule has 0 saturated carbocycles. The lowest BCUT2D eigenvalue weighted by molar-refractivity contribution is -0.117. The highest BCUT2D eigenvalue weighted by molar-refractivity contribution is 7.71. The van der Waals surface area contributed by atoms with Crippen molar-refractivity contribution in [3.8, 4) is 11.5 Å². The number of aryl methyl sites for hydroxylation is 3. The summed E-state index contributed by atoms with van der Waals surface area (Å²) in [6.07, 6.45) is 0. The first kappa shape index (κ1) is 17.1. The van der Waals surface area contributed by atoms with Gasteiger partial charge in [-0.15, -0.1) is 5.10 Å². The molecule has 0 bridgehead atoms. The van der Waals surface area contributed by atoms with Crippen molar-refractivity contribution in [2.75, 3.05) is 5.32 Å². The van der Waals surface area contributed by atoms with E-state index >= 15 is 0 Å². The Bertz CT molecular complexity index is 971. The Morgan fingerprint density at radius 2 is 1.84 bits per heavy atom. The highest BCUT2D eigenvalue weighted by Gasteiger charge is 2.11. The second-order valence-electron chi connectivity index (χ2n) is 6.04. The summed E-state index contributed by atoms with van der Waals surface area (Å²) in [6, 6.07) is 13.6. The number of benzene rings is 2. The molecule has 1 heterocycles. The van der Waals surface area contributed by atoms with E-state index in [1.807, 2.05) is 63.2 Å². The molecule has 0 radical (unpaired) electrons. The van der Waals surface area contributed by atoms with Gasteiger partial charge in [-0.2, -0.15) is 0 Å². The minimum absolute atomic E-state index is 0.00111. The van der Waals surface area contributed by atoms with E-state index in [1.165, 1.54) is 10.2 Å². The van der Waals surface area contributed by atoms with Crippen LogP contribution in [0.2, 0.25) is 0 Å². The number of nitrogens with one attached hydrogen (secondary N) is 1. The number of nitrogens with zero attached hydrogens (tertiary/aromatic N) is 2. The van der Waals surface area contributed by atoms with Gasteiger partial charge in [0.25, 0.3) is 4.84 Å². The van der Waals surface area contributed by atoms with Crippen molar-refractivity contribution in [3.63, 3.8) is 0 Å². The molecule has 1 aromatic heterocycles. The number of rotatable bonds is 4. The first-order valence-corrected chi connectivity index (χ1v) is 8.35. The van der Waals surface area contributed by atoms with Crippen LogP contribution in [-0.4, -0.2) is 15.7 Å². The third kappa shape index (κ3) is 4.03. The van der Waals surface area contributed by atoms with Crippen molar-refractivity contribution in [1.82, 2.24) is 9.78 Å². The molecule has 1 N–H and O–H groups in total. The summed E-state index contributed by atoms with van der Waals surface area (Å²) in [5, 5.41) is 7.16. The SMILES string of the molecule is Cc1ccc(-c2nn(CC(=O)Nc3ccc(C)c(C)c3)c(=S)o2)cc1. The minimum atomic E-state index is -0.205. The van der Waals surface area contributed by atoms with Crippen LogP contribution in [0.4, 0.5) is 5.69 Å². The second-order valence-corrected chi connectivity index (χ2v) is 6.39. The van der Waals surface area contributed by atoms with Crippen molar-refractivity contribution >= 4 is 23.8 Å². The van der Waals surface area contributed by atoms with Crippen LogP contribution in [0.25, 0.3) is 11.5 Å². The van der Waals surface area contributed by atoms with Gasteiger partial charge in [0, 0.05) is 11.3 Å². The quantitative estimate of drug-likeness (QED) is 0.705. The molecular weight excluding hydrogens is 334 g/mol. The average Bonchev–Trinajstić information content (AvgIpc) is 2.92. The number of amides is 1. The standard InChI is InChI=1S/C19H19N3O2S/c1-12-4-7-15(8-5-12)18-21-22(19(25)24-18)11-17(23)20-16-9-6-13(2)14(3)10-16/h4-10H,11H2,1-3H3,(H,20,23). The van der Waals surface area contributed by atoms with Crippen LogP contribution >= 0.6 is 12.2 Å². The van der Waals surface area contributed by atoms with Crippen LogP contribution in [0.15, 0.2) is 46.9 Å². The second kappa shape index (κ2) is 7.03. The molecule has 128 valence electrons. The fourth-order valence-electron chi connectivity index (χ4n) is 2.37. The van der Waals surface area contributed by atoms with Gasteiger partial charge >= 0.3 is 0 Å². The lowest BCUT2D eigenvalue weighted by Crippen LogP contribution is -2.19. The molecule has 0 unspecified atom stereocenters. The van der Waals surface area contributed by atoms with Gasteiger partial charge in [-0.1, -0.05) is 23.8 Å². The Morgan fingerprint density at radius 1 is 1.12 bits per heavy atom. The zero-order valence-corrected chi connectivity index (χ0v) is 15.2. The van der Waals surface area contributed by atoms with E-state index in [0.717, 1.165) is 22.4 Å². The van der Waals surface area contributed by atoms with Gasteiger partial charge in [0.2, 0.25) is 11.8 Å². The highest BCUT2D eigenvalue weighted by atomic mass is 32.1. The summed E-state index contributed by atoms with van der Waals surface area (Å²) >= 11 is 5.17. The monoisotopic (exact) mass is 353 g/mol. The maximum Gasteiger partial charge on any atom is 0.287 e. The molecule has 6 heteroatoms. The van der Waals surface area contributed by atoms with Gasteiger partial charge in [0.1, 0.15) is 6.54 Å². The molecule has 1 amide bonds. The molecule has 3 aromatic rings. The van der Waals surface area contributed by atoms with Crippen LogP contribution in [-0.2, 0) is 11.3 Å². The third-order valence-electron chi connectivity index (χ3n) is 3.99. The summed E-state index contributed by atoms with van der Waals surface area (Å²) < 4.78 is 6.90. The van der Waals surface area contributed by atoms with Gasteiger partial charge in [0.05, 0.1) is 0 Å². The van der Waals surface area contributed by atoms with E-state index in [4.69, 9.17) is 16.6 Å². The van der Waals surface area contributed by atoms with Crippen LogP contribution < -0.4 is 5.32 Å². The normalized spacial score (nSPS) is 10.7. The highest BCUT2D eigenvalue weighted by Crippen LogP contribution is 2.18. The Morgan fingerprint density at radius 3 is 2.52 bits per heavy atom. The largest absolute Gasteiger partial charge is 0.409 e. The van der Waals surface area contributed by atoms with Crippen molar-refractivity contribution in [1.29, 1.82) is 0 Å². The Hall–Kier alpha value is -2.73. The summed E-state index contributed by atoms with van der Waals surface area (Å²) in [7, 11) is 0. The number of carbonyl (C=O) groups excluding carboxylic acids is 1. The van der Waals surface area contributed by atoms with Crippen molar-refractivity contribution in [2.24, 2.45) is 0 Å². The molecular formula is C19H19N3O2S. The van der Waals surface area contributed by atoms with E-state index in [-0.39, 0.29) is 17.3 Å². The van der Waals surface area contributed by atoms with Crippen LogP contribution in [0.3, 0.4) is 0 Å². The Balaban J connectivity index is 1.74. The first-order chi connectivity index (χ1) is 11.9. The summed E-state index contributed by atoms with van der Waals surface area (Å²) in [5.41, 5.74) is 5.03. The summed E-state index contributed by atoms with van der Waals surface area (Å²) in [6.45, 7) is 6.05. The van der Waals surface area contributed by atoms with Crippen LogP contribution in [0.5, 0.6) is 0 Å². The number of aromatic nitrogens is 2. The number of anilines is 1. The third-order valence-corrected chi connectivity index (χ3v) is 4.28. The molecule has 2 aromatic carbocycles. The van der Waals surface area contributed by atoms with E-state index in [0.29, 0.717) is 5.89 Å². The smallest absolute Gasteiger partial charge is 0.287 e. The topological polar surface area (TPSA) is 60.1 Å². The molecule has 0 saturated heterocycles. The predicted molar refractivity (Wildman–Crippen MR) is 100 cm³/mol. The maximum absolute atomic E-state index is 12.3. The zero-order valence-electron chi connectivity index (χ0n) is 14.4. The van der Waals surface area contributed by atoms with E-state index in [9.17, 15) is 4.79 Å². The maximum atomic E-state index is 12.3. The van der Waals surface area contributed by atoms with Gasteiger partial charge in [-0.25, -0.2) is 4.68 Å². The lowest BCUT2D eigenvalue weighted by Gasteiger charge is -2.07. The molecule has 5 nitrogen and oxygen atoms in total. The first-order valence-electron chi connectivity index (χ1n) is 7.94. The van der Waals surface area contributed by atoms with Crippen LogP contribution in [0.1, 0.15) is 16.7 Å². The molecule has 0 atom stereocenters. The predicted octanol–water partition coefficient (Wildman–Crippen LogP) is 4.44. The van der Waals surface area contributed by atoms with Gasteiger partial charge < -0.3 is 9.73 Å². The molecule has 3 rings (SSSR count). The fraction of sp³-hybridized carbons (Fsp3) is 0.211. The van der Waals surface area contributed by atoms with Crippen molar-refractivity contribution in [3.05, 3.63) is 64.0 Å². The van der Waals surface area contributed by atoms with Gasteiger partial charge in [-0.05, 0) is 68.4 Å². The van der Waals surface area contributed by atoms with Crippen molar-refractivity contribution < 1.29 is 9.21 Å². The van der Waals surface area contributed by atoms with Gasteiger partial charge in [-0.3, -0.25) is 4.79 Å². The summed E-state index contributed by atoms with van der Waals surface area (Å²) in [4.78, 5) is 12.4. The Kier molecular flexibility index (Phi) is 4.81. The van der Waals surface area contributed by atoms with E-state index in [1.54, 1.807) is 0 Å². The molecule has 0 aliphatic carbocycles. The molecule has 0 aliphatic heterocycles. The molecule has 25 heavy (non-hydrogen) atoms. The van der Waals surface area contributed by atoms with Crippen LogP contribution in [0, 0.1) is 25.6 Å². The lowest BCUT2D eigenvalue weighted by atomic mass is 10.1.